The molecule has 0 unspecified atom stereocenters. The number of carbonyl (C=O) groups is 1. The van der Waals surface area contributed by atoms with Crippen LogP contribution >= 0.6 is 23.2 Å². The summed E-state index contributed by atoms with van der Waals surface area (Å²) >= 11 is 12.1. The van der Waals surface area contributed by atoms with Crippen molar-refractivity contribution in [1.29, 1.82) is 0 Å². The highest BCUT2D eigenvalue weighted by molar-refractivity contribution is 6.35. The minimum Gasteiger partial charge on any atom is -0.449 e. The van der Waals surface area contributed by atoms with Crippen LogP contribution in [-0.2, 0) is 4.74 Å². The van der Waals surface area contributed by atoms with Gasteiger partial charge in [0.05, 0.1) is 16.1 Å². The van der Waals surface area contributed by atoms with Crippen molar-refractivity contribution < 1.29 is 9.53 Å². The van der Waals surface area contributed by atoms with Gasteiger partial charge in [-0.05, 0) is 36.4 Å². The van der Waals surface area contributed by atoms with Crippen LogP contribution < -0.4 is 0 Å². The molecule has 0 aliphatic carbocycles. The lowest BCUT2D eigenvalue weighted by molar-refractivity contribution is 0.0557. The molecule has 1 heterocycles. The summed E-state index contributed by atoms with van der Waals surface area (Å²) < 4.78 is 4.90. The number of aromatic nitrogens is 2. The highest BCUT2D eigenvalue weighted by Gasteiger charge is 2.14. The number of fused-ring (bicyclic) bond motifs is 1. The number of halogens is 2. The molecular weight excluding hydrogens is 335 g/mol. The van der Waals surface area contributed by atoms with Gasteiger partial charge in [-0.25, -0.2) is 9.78 Å². The molecule has 0 amide bonds. The minimum absolute atomic E-state index is 0.0898. The number of benzene rings is 2. The molecule has 0 fully saturated rings. The number of hydrogen-bond donors (Lipinski definition) is 1. The van der Waals surface area contributed by atoms with Crippen molar-refractivity contribution in [3.05, 3.63) is 52.0 Å². The van der Waals surface area contributed by atoms with E-state index in [4.69, 9.17) is 34.4 Å². The average molecular weight is 345 g/mol. The van der Waals surface area contributed by atoms with Gasteiger partial charge in [-0.1, -0.05) is 29.1 Å². The Morgan fingerprint density at radius 2 is 2.00 bits per heavy atom. The fourth-order valence-electron chi connectivity index (χ4n) is 2.13. The number of ether oxygens (including phenoxy) is 1. The zero-order valence-corrected chi connectivity index (χ0v) is 13.3. The monoisotopic (exact) mass is 344 g/mol. The molecular formula is C17H10Cl2N2O2. The van der Waals surface area contributed by atoms with Crippen LogP contribution in [0.3, 0.4) is 0 Å². The van der Waals surface area contributed by atoms with Crippen LogP contribution in [0.4, 0.5) is 0 Å². The molecule has 1 N–H and O–H groups in total. The Balaban J connectivity index is 2.02. The minimum atomic E-state index is -0.533. The van der Waals surface area contributed by atoms with E-state index in [0.717, 1.165) is 5.56 Å². The van der Waals surface area contributed by atoms with E-state index < -0.39 is 5.97 Å². The van der Waals surface area contributed by atoms with E-state index in [1.807, 2.05) is 12.1 Å². The Labute approximate surface area is 142 Å². The summed E-state index contributed by atoms with van der Waals surface area (Å²) in [5, 5.41) is 0.994. The van der Waals surface area contributed by atoms with Gasteiger partial charge >= 0.3 is 5.97 Å². The first-order valence-electron chi connectivity index (χ1n) is 6.64. The zero-order chi connectivity index (χ0) is 16.4. The zero-order valence-electron chi connectivity index (χ0n) is 11.8. The molecule has 0 atom stereocenters. The summed E-state index contributed by atoms with van der Waals surface area (Å²) in [6.45, 7) is -0.0898. The fraction of sp³-hybridized carbons (Fsp3) is 0.0588. The van der Waals surface area contributed by atoms with E-state index in [1.54, 1.807) is 18.2 Å². The molecule has 0 saturated heterocycles. The second kappa shape index (κ2) is 6.33. The summed E-state index contributed by atoms with van der Waals surface area (Å²) in [6.07, 6.45) is 5.07. The SMILES string of the molecule is C#CCOC(=O)c1cc(Cl)c2nc(-c3ccc(Cl)cc3)[nH]c2c1. The first kappa shape index (κ1) is 15.4. The lowest BCUT2D eigenvalue weighted by atomic mass is 10.2. The van der Waals surface area contributed by atoms with Gasteiger partial charge < -0.3 is 9.72 Å². The molecule has 0 bridgehead atoms. The third-order valence-electron chi connectivity index (χ3n) is 3.18. The smallest absolute Gasteiger partial charge is 0.339 e. The molecule has 114 valence electrons. The summed E-state index contributed by atoms with van der Waals surface area (Å²) in [4.78, 5) is 19.5. The van der Waals surface area contributed by atoms with Gasteiger partial charge in [-0.2, -0.15) is 0 Å². The van der Waals surface area contributed by atoms with Gasteiger partial charge in [-0.3, -0.25) is 0 Å². The summed E-state index contributed by atoms with van der Waals surface area (Å²) in [6, 6.07) is 10.4. The van der Waals surface area contributed by atoms with Gasteiger partial charge in [0, 0.05) is 10.6 Å². The molecule has 3 aromatic rings. The van der Waals surface area contributed by atoms with E-state index in [9.17, 15) is 4.79 Å². The maximum Gasteiger partial charge on any atom is 0.339 e. The van der Waals surface area contributed by atoms with E-state index in [2.05, 4.69) is 15.9 Å². The number of carbonyl (C=O) groups excluding carboxylic acids is 1. The molecule has 0 radical (unpaired) electrons. The molecule has 0 saturated carbocycles. The van der Waals surface area contributed by atoms with Crippen molar-refractivity contribution in [3.63, 3.8) is 0 Å². The number of rotatable bonds is 3. The lowest BCUT2D eigenvalue weighted by Gasteiger charge is -2.02. The average Bonchev–Trinajstić information content (AvgIpc) is 2.98. The lowest BCUT2D eigenvalue weighted by Crippen LogP contribution is -2.05. The second-order valence-corrected chi connectivity index (χ2v) is 5.57. The molecule has 6 heteroatoms. The molecule has 2 aromatic carbocycles. The van der Waals surface area contributed by atoms with Crippen LogP contribution in [-0.4, -0.2) is 22.5 Å². The number of terminal acetylenes is 1. The van der Waals surface area contributed by atoms with Crippen molar-refractivity contribution in [2.45, 2.75) is 0 Å². The first-order valence-corrected chi connectivity index (χ1v) is 7.40. The molecule has 4 nitrogen and oxygen atoms in total. The van der Waals surface area contributed by atoms with Crippen molar-refractivity contribution in [1.82, 2.24) is 9.97 Å². The first-order chi connectivity index (χ1) is 11.1. The summed E-state index contributed by atoms with van der Waals surface area (Å²) in [5.41, 5.74) is 2.38. The topological polar surface area (TPSA) is 55.0 Å². The van der Waals surface area contributed by atoms with E-state index in [1.165, 1.54) is 6.07 Å². The Morgan fingerprint density at radius 3 is 2.70 bits per heavy atom. The molecule has 3 rings (SSSR count). The van der Waals surface area contributed by atoms with Crippen molar-refractivity contribution in [3.8, 4) is 23.7 Å². The Kier molecular flexibility index (Phi) is 4.24. The number of aromatic amines is 1. The standard InChI is InChI=1S/C17H10Cl2N2O2/c1-2-7-23-17(22)11-8-13(19)15-14(9-11)20-16(21-15)10-3-5-12(18)6-4-10/h1,3-6,8-9H,7H2,(H,20,21). The van der Waals surface area contributed by atoms with Gasteiger partial charge in [0.2, 0.25) is 0 Å². The van der Waals surface area contributed by atoms with Crippen LogP contribution in [0, 0.1) is 12.3 Å². The van der Waals surface area contributed by atoms with Gasteiger partial charge in [0.1, 0.15) is 11.3 Å². The largest absolute Gasteiger partial charge is 0.449 e. The van der Waals surface area contributed by atoms with E-state index in [0.29, 0.717) is 32.5 Å². The van der Waals surface area contributed by atoms with Crippen LogP contribution in [0.25, 0.3) is 22.4 Å². The third kappa shape index (κ3) is 3.16. The molecule has 0 aliphatic rings. The number of nitrogens with one attached hydrogen (secondary N) is 1. The molecule has 1 aromatic heterocycles. The highest BCUT2D eigenvalue weighted by Crippen LogP contribution is 2.28. The normalized spacial score (nSPS) is 10.5. The van der Waals surface area contributed by atoms with Crippen molar-refractivity contribution in [2.75, 3.05) is 6.61 Å². The summed E-state index contributed by atoms with van der Waals surface area (Å²) in [5.74, 6) is 2.34. The Hall–Kier alpha value is -2.48. The van der Waals surface area contributed by atoms with Crippen LogP contribution in [0.5, 0.6) is 0 Å². The fourth-order valence-corrected chi connectivity index (χ4v) is 2.52. The predicted octanol–water partition coefficient (Wildman–Crippen LogP) is 4.33. The second-order valence-electron chi connectivity index (χ2n) is 4.73. The van der Waals surface area contributed by atoms with Crippen molar-refractivity contribution in [2.24, 2.45) is 0 Å². The third-order valence-corrected chi connectivity index (χ3v) is 3.72. The maximum absolute atomic E-state index is 11.9. The Bertz CT molecular complexity index is 924. The quantitative estimate of drug-likeness (QED) is 0.568. The van der Waals surface area contributed by atoms with Gasteiger partial charge in [-0.15, -0.1) is 6.42 Å². The van der Waals surface area contributed by atoms with Crippen LogP contribution in [0.1, 0.15) is 10.4 Å². The van der Waals surface area contributed by atoms with Crippen LogP contribution in [0.2, 0.25) is 10.0 Å². The van der Waals surface area contributed by atoms with E-state index in [-0.39, 0.29) is 6.61 Å². The number of nitrogens with zero attached hydrogens (tertiary/aromatic N) is 1. The number of hydrogen-bond acceptors (Lipinski definition) is 3. The maximum atomic E-state index is 11.9. The molecule has 23 heavy (non-hydrogen) atoms. The highest BCUT2D eigenvalue weighted by atomic mass is 35.5. The predicted molar refractivity (Wildman–Crippen MR) is 90.7 cm³/mol. The molecule has 0 spiro atoms. The van der Waals surface area contributed by atoms with E-state index >= 15 is 0 Å². The van der Waals surface area contributed by atoms with Gasteiger partial charge in [0.25, 0.3) is 0 Å². The van der Waals surface area contributed by atoms with Crippen molar-refractivity contribution >= 4 is 40.2 Å². The number of H-pyrrole nitrogens is 1. The summed E-state index contributed by atoms with van der Waals surface area (Å²) in [7, 11) is 0. The van der Waals surface area contributed by atoms with Gasteiger partial charge in [0.15, 0.2) is 6.61 Å². The number of imidazole rings is 1. The van der Waals surface area contributed by atoms with Crippen LogP contribution in [0.15, 0.2) is 36.4 Å². The number of esters is 1. The molecule has 0 aliphatic heterocycles. The Morgan fingerprint density at radius 1 is 1.26 bits per heavy atom.